The van der Waals surface area contributed by atoms with Crippen molar-refractivity contribution in [2.45, 2.75) is 32.0 Å². The van der Waals surface area contributed by atoms with Crippen LogP contribution in [0.5, 0.6) is 0 Å². The zero-order chi connectivity index (χ0) is 12.4. The van der Waals surface area contributed by atoms with Gasteiger partial charge in [0.15, 0.2) is 0 Å². The summed E-state index contributed by atoms with van der Waals surface area (Å²) in [5, 5.41) is 0. The average molecular weight is 241 g/mol. The average Bonchev–Trinajstić information content (AvgIpc) is 2.80. The number of hydrogen-bond acceptors (Lipinski definition) is 2. The molecule has 1 aliphatic heterocycles. The highest BCUT2D eigenvalue weighted by molar-refractivity contribution is 5.23. The number of likely N-dealkylation sites (tertiary alicyclic amines) is 1. The lowest BCUT2D eigenvalue weighted by Crippen LogP contribution is -2.34. The molecule has 0 bridgehead atoms. The Morgan fingerprint density at radius 2 is 2.18 bits per heavy atom. The molecule has 1 fully saturated rings. The molecule has 1 aliphatic rings. The number of benzene rings is 1. The maximum atomic E-state index is 13.7. The van der Waals surface area contributed by atoms with Gasteiger partial charge in [-0.25, -0.2) is 8.78 Å². The topological polar surface area (TPSA) is 12.5 Å². The van der Waals surface area contributed by atoms with Crippen molar-refractivity contribution in [3.8, 4) is 0 Å². The second-order valence-corrected chi connectivity index (χ2v) is 4.40. The van der Waals surface area contributed by atoms with Crippen molar-refractivity contribution in [3.05, 3.63) is 35.4 Å². The van der Waals surface area contributed by atoms with Gasteiger partial charge in [-0.05, 0) is 38.0 Å². The molecule has 94 valence electrons. The molecule has 17 heavy (non-hydrogen) atoms. The Bertz CT molecular complexity index is 397. The van der Waals surface area contributed by atoms with Crippen LogP contribution < -0.4 is 0 Å². The lowest BCUT2D eigenvalue weighted by Gasteiger charge is -2.29. The predicted octanol–water partition coefficient (Wildman–Crippen LogP) is 3.09. The van der Waals surface area contributed by atoms with E-state index in [1.165, 1.54) is 12.1 Å². The summed E-state index contributed by atoms with van der Waals surface area (Å²) in [6.07, 6.45) is 1.74. The molecular weight excluding hydrogens is 224 g/mol. The van der Waals surface area contributed by atoms with Gasteiger partial charge in [0.2, 0.25) is 0 Å². The third-order valence-corrected chi connectivity index (χ3v) is 3.42. The van der Waals surface area contributed by atoms with Crippen LogP contribution in [-0.2, 0) is 4.74 Å². The Kier molecular flexibility index (Phi) is 3.74. The SMILES string of the molecule is COC(C)N1CCC[C@@H]1c1cc(F)ccc1F. The van der Waals surface area contributed by atoms with Crippen LogP contribution in [0.25, 0.3) is 0 Å². The first-order valence-electron chi connectivity index (χ1n) is 5.87. The third kappa shape index (κ3) is 2.48. The largest absolute Gasteiger partial charge is 0.367 e. The van der Waals surface area contributed by atoms with Crippen LogP contribution in [0.1, 0.15) is 31.4 Å². The van der Waals surface area contributed by atoms with Crippen LogP contribution in [0.3, 0.4) is 0 Å². The second kappa shape index (κ2) is 5.10. The summed E-state index contributed by atoms with van der Waals surface area (Å²) in [4.78, 5) is 2.07. The minimum absolute atomic E-state index is 0.0785. The van der Waals surface area contributed by atoms with Gasteiger partial charge in [0.25, 0.3) is 0 Å². The standard InChI is InChI=1S/C13H17F2NO/c1-9(17-2)16-7-3-4-13(16)11-8-10(14)5-6-12(11)15/h5-6,8-9,13H,3-4,7H2,1-2H3/t9?,13-/m1/s1. The van der Waals surface area contributed by atoms with Crippen LogP contribution in [0.15, 0.2) is 18.2 Å². The Morgan fingerprint density at radius 1 is 1.41 bits per heavy atom. The molecule has 0 spiro atoms. The smallest absolute Gasteiger partial charge is 0.128 e. The molecule has 2 nitrogen and oxygen atoms in total. The van der Waals surface area contributed by atoms with Gasteiger partial charge in [-0.3, -0.25) is 4.90 Å². The summed E-state index contributed by atoms with van der Waals surface area (Å²) < 4.78 is 32.2. The van der Waals surface area contributed by atoms with Crippen molar-refractivity contribution in [3.63, 3.8) is 0 Å². The lowest BCUT2D eigenvalue weighted by atomic mass is 10.0. The fourth-order valence-electron chi connectivity index (χ4n) is 2.46. The number of methoxy groups -OCH3 is 1. The number of nitrogens with zero attached hydrogens (tertiary/aromatic N) is 1. The third-order valence-electron chi connectivity index (χ3n) is 3.42. The second-order valence-electron chi connectivity index (χ2n) is 4.40. The minimum atomic E-state index is -0.390. The first-order chi connectivity index (χ1) is 8.13. The number of rotatable bonds is 3. The van der Waals surface area contributed by atoms with Crippen LogP contribution in [0.4, 0.5) is 8.78 Å². The van der Waals surface area contributed by atoms with Gasteiger partial charge in [0, 0.05) is 25.3 Å². The molecule has 0 aromatic heterocycles. The first kappa shape index (κ1) is 12.5. The quantitative estimate of drug-likeness (QED) is 0.806. The van der Waals surface area contributed by atoms with Crippen molar-refractivity contribution in [1.29, 1.82) is 0 Å². The van der Waals surface area contributed by atoms with E-state index in [1.54, 1.807) is 7.11 Å². The van der Waals surface area contributed by atoms with Crippen molar-refractivity contribution < 1.29 is 13.5 Å². The van der Waals surface area contributed by atoms with E-state index in [4.69, 9.17) is 4.74 Å². The normalized spacial score (nSPS) is 22.9. The minimum Gasteiger partial charge on any atom is -0.367 e. The maximum absolute atomic E-state index is 13.7. The molecule has 0 aliphatic carbocycles. The van der Waals surface area contributed by atoms with E-state index in [9.17, 15) is 8.78 Å². The fraction of sp³-hybridized carbons (Fsp3) is 0.538. The van der Waals surface area contributed by atoms with Gasteiger partial charge < -0.3 is 4.74 Å². The molecule has 2 rings (SSSR count). The fourth-order valence-corrected chi connectivity index (χ4v) is 2.46. The Hall–Kier alpha value is -1.00. The first-order valence-corrected chi connectivity index (χ1v) is 5.87. The van der Waals surface area contributed by atoms with Crippen molar-refractivity contribution in [2.24, 2.45) is 0 Å². The Morgan fingerprint density at radius 3 is 2.88 bits per heavy atom. The zero-order valence-electron chi connectivity index (χ0n) is 10.1. The maximum Gasteiger partial charge on any atom is 0.128 e. The number of hydrogen-bond donors (Lipinski definition) is 0. The highest BCUT2D eigenvalue weighted by atomic mass is 19.1. The van der Waals surface area contributed by atoms with Crippen LogP contribution in [-0.4, -0.2) is 24.8 Å². The van der Waals surface area contributed by atoms with Gasteiger partial charge >= 0.3 is 0 Å². The predicted molar refractivity (Wildman–Crippen MR) is 61.5 cm³/mol. The van der Waals surface area contributed by atoms with Gasteiger partial charge in [-0.15, -0.1) is 0 Å². The van der Waals surface area contributed by atoms with Gasteiger partial charge in [0.05, 0.1) is 0 Å². The van der Waals surface area contributed by atoms with E-state index in [0.717, 1.165) is 25.5 Å². The molecule has 1 saturated heterocycles. The summed E-state index contributed by atoms with van der Waals surface area (Å²) in [7, 11) is 1.63. The molecule has 1 unspecified atom stereocenters. The summed E-state index contributed by atoms with van der Waals surface area (Å²) in [6, 6.07) is 3.55. The van der Waals surface area contributed by atoms with Gasteiger partial charge in [0.1, 0.15) is 17.9 Å². The van der Waals surface area contributed by atoms with E-state index >= 15 is 0 Å². The van der Waals surface area contributed by atoms with Crippen molar-refractivity contribution >= 4 is 0 Å². The molecule has 2 atom stereocenters. The van der Waals surface area contributed by atoms with E-state index in [2.05, 4.69) is 4.90 Å². The molecule has 0 N–H and O–H groups in total. The zero-order valence-corrected chi connectivity index (χ0v) is 10.1. The summed E-state index contributed by atoms with van der Waals surface area (Å²) >= 11 is 0. The number of ether oxygens (including phenoxy) is 1. The van der Waals surface area contributed by atoms with E-state index < -0.39 is 5.82 Å². The van der Waals surface area contributed by atoms with Gasteiger partial charge in [-0.1, -0.05) is 0 Å². The molecule has 0 amide bonds. The summed E-state index contributed by atoms with van der Waals surface area (Å²) in [5.41, 5.74) is 0.436. The monoisotopic (exact) mass is 241 g/mol. The van der Waals surface area contributed by atoms with Gasteiger partial charge in [-0.2, -0.15) is 0 Å². The van der Waals surface area contributed by atoms with Crippen LogP contribution in [0, 0.1) is 11.6 Å². The lowest BCUT2D eigenvalue weighted by molar-refractivity contribution is -0.0273. The molecule has 1 aromatic carbocycles. The molecular formula is C13H17F2NO. The Labute approximate surface area is 100 Å². The molecule has 0 saturated carbocycles. The van der Waals surface area contributed by atoms with Crippen LogP contribution in [0.2, 0.25) is 0 Å². The van der Waals surface area contributed by atoms with E-state index in [-0.39, 0.29) is 18.1 Å². The van der Waals surface area contributed by atoms with E-state index in [1.807, 2.05) is 6.92 Å². The van der Waals surface area contributed by atoms with Crippen molar-refractivity contribution in [2.75, 3.05) is 13.7 Å². The molecule has 1 heterocycles. The summed E-state index contributed by atoms with van der Waals surface area (Å²) in [6.45, 7) is 2.78. The van der Waals surface area contributed by atoms with E-state index in [0.29, 0.717) is 5.56 Å². The Balaban J connectivity index is 2.28. The highest BCUT2D eigenvalue weighted by Gasteiger charge is 2.31. The number of halogens is 2. The van der Waals surface area contributed by atoms with Crippen LogP contribution >= 0.6 is 0 Å². The molecule has 4 heteroatoms. The highest BCUT2D eigenvalue weighted by Crippen LogP contribution is 2.35. The summed E-state index contributed by atoms with van der Waals surface area (Å²) in [5.74, 6) is -0.732. The van der Waals surface area contributed by atoms with Crippen molar-refractivity contribution in [1.82, 2.24) is 4.90 Å². The molecule has 0 radical (unpaired) electrons. The molecule has 1 aromatic rings.